The van der Waals surface area contributed by atoms with Gasteiger partial charge in [0.25, 0.3) is 0 Å². The van der Waals surface area contributed by atoms with Crippen molar-refractivity contribution in [2.75, 3.05) is 7.05 Å². The molecule has 0 rings (SSSR count). The Hall–Kier alpha value is -1.04. The van der Waals surface area contributed by atoms with Crippen LogP contribution in [0.4, 0.5) is 4.79 Å². The number of Topliss-reactive ketones (excluding diaryl/α,β-unsaturated/α-hetero) is 1. The largest absolute Gasteiger partial charge is 0.445 e. The minimum atomic E-state index is -0.682. The quantitative estimate of drug-likeness (QED) is 0.324. The maximum atomic E-state index is 12.1. The molecule has 6 heteroatoms. The summed E-state index contributed by atoms with van der Waals surface area (Å²) in [4.78, 5) is 28.7. The van der Waals surface area contributed by atoms with Gasteiger partial charge in [0.05, 0.1) is 10.5 Å². The van der Waals surface area contributed by atoms with Crippen LogP contribution in [0.25, 0.3) is 0 Å². The molecule has 0 heterocycles. The fraction of sp³-hybridized carbons (Fsp3) is 0.786. The van der Waals surface area contributed by atoms with Crippen molar-refractivity contribution >= 4 is 29.5 Å². The van der Waals surface area contributed by atoms with Crippen molar-refractivity contribution in [2.24, 2.45) is 17.0 Å². The number of hydrogen-bond donors (Lipinski definition) is 0. The summed E-state index contributed by atoms with van der Waals surface area (Å²) in [7, 11) is 1.57. The first-order valence-corrected chi connectivity index (χ1v) is 7.49. The normalized spacial score (nSPS) is 12.8. The molecule has 0 radical (unpaired) electrons. The van der Waals surface area contributed by atoms with E-state index in [0.717, 1.165) is 17.7 Å². The van der Waals surface area contributed by atoms with E-state index >= 15 is 0 Å². The Balaban J connectivity index is 4.62. The second-order valence-electron chi connectivity index (χ2n) is 5.86. The van der Waals surface area contributed by atoms with Gasteiger partial charge in [0.2, 0.25) is 0 Å². The smallest absolute Gasteiger partial charge is 0.298 e. The highest BCUT2D eigenvalue weighted by Gasteiger charge is 2.33. The molecule has 0 N–H and O–H groups in total. The van der Waals surface area contributed by atoms with Crippen LogP contribution in [0.5, 0.6) is 0 Å². The van der Waals surface area contributed by atoms with Crippen molar-refractivity contribution in [3.63, 3.8) is 0 Å². The molecule has 0 atom stereocenters. The standard InChI is InChI=1S/C14H26N2O3S/c1-9(2)11(5)15-19-13(18)16(8)20-14(6,7)12(17)10(3)4/h9-10H,1-8H3/b15-11+. The highest BCUT2D eigenvalue weighted by molar-refractivity contribution is 7.99. The molecule has 0 bridgehead atoms. The lowest BCUT2D eigenvalue weighted by Gasteiger charge is -2.28. The molecule has 0 aliphatic carbocycles. The SMILES string of the molecule is C/C(=N\OC(=O)N(C)SC(C)(C)C(=O)C(C)C)C(C)C. The lowest BCUT2D eigenvalue weighted by atomic mass is 9.98. The number of ketones is 1. The number of carbonyl (C=O) groups excluding carboxylic acids is 2. The van der Waals surface area contributed by atoms with E-state index in [4.69, 9.17) is 4.84 Å². The molecule has 5 nitrogen and oxygen atoms in total. The molecule has 0 aromatic heterocycles. The van der Waals surface area contributed by atoms with Gasteiger partial charge in [-0.25, -0.2) is 4.79 Å². The minimum Gasteiger partial charge on any atom is -0.298 e. The second-order valence-corrected chi connectivity index (χ2v) is 7.61. The van der Waals surface area contributed by atoms with Crippen molar-refractivity contribution in [3.8, 4) is 0 Å². The van der Waals surface area contributed by atoms with Crippen molar-refractivity contribution in [1.82, 2.24) is 4.31 Å². The van der Waals surface area contributed by atoms with Crippen LogP contribution in [-0.2, 0) is 9.63 Å². The van der Waals surface area contributed by atoms with E-state index in [9.17, 15) is 9.59 Å². The summed E-state index contributed by atoms with van der Waals surface area (Å²) in [6, 6.07) is 0. The molecule has 116 valence electrons. The average Bonchev–Trinajstić information content (AvgIpc) is 2.33. The molecule has 0 unspecified atom stereocenters. The predicted molar refractivity (Wildman–Crippen MR) is 83.7 cm³/mol. The molecular formula is C14H26N2O3S. The second kappa shape index (κ2) is 7.67. The summed E-state index contributed by atoms with van der Waals surface area (Å²) >= 11 is 1.15. The van der Waals surface area contributed by atoms with Gasteiger partial charge in [-0.2, -0.15) is 0 Å². The molecule has 0 fully saturated rings. The number of oxime groups is 1. The van der Waals surface area contributed by atoms with Crippen molar-refractivity contribution in [2.45, 2.75) is 53.2 Å². The van der Waals surface area contributed by atoms with Gasteiger partial charge in [0.1, 0.15) is 0 Å². The first-order chi connectivity index (χ1) is 8.99. The fourth-order valence-electron chi connectivity index (χ4n) is 1.39. The van der Waals surface area contributed by atoms with E-state index in [1.54, 1.807) is 27.8 Å². The van der Waals surface area contributed by atoms with E-state index in [0.29, 0.717) is 0 Å². The minimum absolute atomic E-state index is 0.0804. The topological polar surface area (TPSA) is 59.0 Å². The zero-order chi connectivity index (χ0) is 16.1. The van der Waals surface area contributed by atoms with E-state index < -0.39 is 10.8 Å². The van der Waals surface area contributed by atoms with Crippen LogP contribution in [-0.4, -0.2) is 33.7 Å². The fourth-order valence-corrected chi connectivity index (χ4v) is 2.51. The van der Waals surface area contributed by atoms with Gasteiger partial charge >= 0.3 is 6.09 Å². The lowest BCUT2D eigenvalue weighted by Crippen LogP contribution is -2.36. The lowest BCUT2D eigenvalue weighted by molar-refractivity contribution is -0.123. The van der Waals surface area contributed by atoms with Gasteiger partial charge in [0, 0.05) is 13.0 Å². The van der Waals surface area contributed by atoms with Crippen LogP contribution in [0.3, 0.4) is 0 Å². The third-order valence-corrected chi connectivity index (χ3v) is 3.92. The molecule has 0 saturated carbocycles. The predicted octanol–water partition coefficient (Wildman–Crippen LogP) is 3.74. The zero-order valence-electron chi connectivity index (χ0n) is 13.7. The third kappa shape index (κ3) is 5.94. The monoisotopic (exact) mass is 302 g/mol. The van der Waals surface area contributed by atoms with Gasteiger partial charge < -0.3 is 0 Å². The van der Waals surface area contributed by atoms with Gasteiger partial charge in [-0.05, 0) is 38.6 Å². The van der Waals surface area contributed by atoms with Crippen LogP contribution < -0.4 is 0 Å². The molecule has 0 aliphatic rings. The number of carbonyl (C=O) groups is 2. The van der Waals surface area contributed by atoms with Crippen molar-refractivity contribution < 1.29 is 14.4 Å². The van der Waals surface area contributed by atoms with Gasteiger partial charge in [-0.15, -0.1) is 0 Å². The Morgan fingerprint density at radius 1 is 1.15 bits per heavy atom. The number of rotatable bonds is 6. The number of nitrogens with zero attached hydrogens (tertiary/aromatic N) is 2. The maximum absolute atomic E-state index is 12.1. The van der Waals surface area contributed by atoms with Crippen LogP contribution >= 0.6 is 11.9 Å². The highest BCUT2D eigenvalue weighted by Crippen LogP contribution is 2.30. The average molecular weight is 302 g/mol. The van der Waals surface area contributed by atoms with Gasteiger partial charge in [-0.1, -0.05) is 32.9 Å². The molecule has 0 aliphatic heterocycles. The molecule has 0 saturated heterocycles. The Morgan fingerprint density at radius 2 is 1.65 bits per heavy atom. The Bertz CT molecular complexity index is 390. The van der Waals surface area contributed by atoms with Crippen LogP contribution in [0.15, 0.2) is 5.16 Å². The molecular weight excluding hydrogens is 276 g/mol. The number of amides is 1. The van der Waals surface area contributed by atoms with Crippen LogP contribution in [0, 0.1) is 11.8 Å². The Labute approximate surface area is 126 Å². The van der Waals surface area contributed by atoms with E-state index in [2.05, 4.69) is 5.16 Å². The molecule has 0 aromatic rings. The summed E-state index contributed by atoms with van der Waals surface area (Å²) in [5.74, 6) is 0.229. The van der Waals surface area contributed by atoms with Crippen molar-refractivity contribution in [1.29, 1.82) is 0 Å². The van der Waals surface area contributed by atoms with Crippen molar-refractivity contribution in [3.05, 3.63) is 0 Å². The zero-order valence-corrected chi connectivity index (χ0v) is 14.5. The summed E-state index contributed by atoms with van der Waals surface area (Å²) in [6.45, 7) is 13.0. The van der Waals surface area contributed by atoms with Gasteiger partial charge in [-0.3, -0.25) is 13.9 Å². The van der Waals surface area contributed by atoms with Gasteiger partial charge in [0.15, 0.2) is 5.78 Å². The first-order valence-electron chi connectivity index (χ1n) is 6.71. The van der Waals surface area contributed by atoms with E-state index in [1.165, 1.54) is 4.31 Å². The summed E-state index contributed by atoms with van der Waals surface area (Å²) < 4.78 is 0.621. The molecule has 0 aromatic carbocycles. The highest BCUT2D eigenvalue weighted by atomic mass is 32.2. The molecule has 0 spiro atoms. The summed E-state index contributed by atoms with van der Waals surface area (Å²) in [5.41, 5.74) is 0.745. The Kier molecular flexibility index (Phi) is 7.27. The Morgan fingerprint density at radius 3 is 2.05 bits per heavy atom. The van der Waals surface area contributed by atoms with Crippen LogP contribution in [0.2, 0.25) is 0 Å². The summed E-state index contributed by atoms with van der Waals surface area (Å²) in [6.07, 6.45) is -0.584. The summed E-state index contributed by atoms with van der Waals surface area (Å²) in [5, 5.41) is 3.78. The number of hydrogen-bond acceptors (Lipinski definition) is 5. The molecule has 20 heavy (non-hydrogen) atoms. The van der Waals surface area contributed by atoms with E-state index in [1.807, 2.05) is 27.7 Å². The third-order valence-electron chi connectivity index (χ3n) is 2.84. The molecule has 1 amide bonds. The van der Waals surface area contributed by atoms with Crippen LogP contribution in [0.1, 0.15) is 48.5 Å². The van der Waals surface area contributed by atoms with E-state index in [-0.39, 0.29) is 17.6 Å². The first kappa shape index (κ1) is 19.0. The maximum Gasteiger partial charge on any atom is 0.445 e.